The second-order valence-electron chi connectivity index (χ2n) is 5.50. The van der Waals surface area contributed by atoms with Gasteiger partial charge >= 0.3 is 5.63 Å². The number of aryl methyl sites for hydroxylation is 2. The zero-order chi connectivity index (χ0) is 14.5. The molecule has 0 aliphatic carbocycles. The standard InChI is InChI=1S/C15H22N2O3/c1-11-10-13(18)20-12(2)14(11)15(19)16-6-9-17-7-4-3-5-8-17/h10H,3-9H2,1-2H3,(H,16,19)/p+1. The predicted molar refractivity (Wildman–Crippen MR) is 76.2 cm³/mol. The number of carbonyl (C=O) groups excluding carboxylic acids is 1. The lowest BCUT2D eigenvalue weighted by Crippen LogP contribution is -3.13. The van der Waals surface area contributed by atoms with E-state index in [0.717, 1.165) is 6.54 Å². The van der Waals surface area contributed by atoms with E-state index >= 15 is 0 Å². The summed E-state index contributed by atoms with van der Waals surface area (Å²) in [5.41, 5.74) is 0.745. The second-order valence-corrected chi connectivity index (χ2v) is 5.50. The molecule has 1 aliphatic rings. The number of rotatable bonds is 4. The van der Waals surface area contributed by atoms with Crippen LogP contribution in [-0.4, -0.2) is 32.1 Å². The molecule has 5 nitrogen and oxygen atoms in total. The number of piperidine rings is 1. The fourth-order valence-corrected chi connectivity index (χ4v) is 2.84. The predicted octanol–water partition coefficient (Wildman–Crippen LogP) is 0.0552. The van der Waals surface area contributed by atoms with Gasteiger partial charge in [0.25, 0.3) is 5.91 Å². The maximum atomic E-state index is 12.2. The van der Waals surface area contributed by atoms with Crippen molar-refractivity contribution in [1.82, 2.24) is 5.32 Å². The van der Waals surface area contributed by atoms with Crippen LogP contribution in [0.2, 0.25) is 0 Å². The summed E-state index contributed by atoms with van der Waals surface area (Å²) in [6, 6.07) is 1.36. The van der Waals surface area contributed by atoms with E-state index in [-0.39, 0.29) is 5.91 Å². The molecule has 0 radical (unpaired) electrons. The Kier molecular flexibility index (Phi) is 4.95. The number of nitrogens with one attached hydrogen (secondary N) is 2. The fraction of sp³-hybridized carbons (Fsp3) is 0.600. The Bertz CT molecular complexity index is 504. The van der Waals surface area contributed by atoms with Gasteiger partial charge in [-0.3, -0.25) is 4.79 Å². The normalized spacial score (nSPS) is 16.1. The second kappa shape index (κ2) is 6.70. The molecule has 5 heteroatoms. The van der Waals surface area contributed by atoms with Gasteiger partial charge in [0.2, 0.25) is 0 Å². The highest BCUT2D eigenvalue weighted by molar-refractivity contribution is 5.96. The minimum Gasteiger partial charge on any atom is -0.427 e. The van der Waals surface area contributed by atoms with Crippen LogP contribution >= 0.6 is 0 Å². The van der Waals surface area contributed by atoms with Crippen LogP contribution in [0.1, 0.15) is 40.9 Å². The van der Waals surface area contributed by atoms with E-state index in [0.29, 0.717) is 23.4 Å². The highest BCUT2D eigenvalue weighted by Crippen LogP contribution is 2.10. The van der Waals surface area contributed by atoms with Crippen molar-refractivity contribution in [1.29, 1.82) is 0 Å². The Labute approximate surface area is 119 Å². The summed E-state index contributed by atoms with van der Waals surface area (Å²) in [6.45, 7) is 7.43. The van der Waals surface area contributed by atoms with Crippen LogP contribution < -0.4 is 15.8 Å². The quantitative estimate of drug-likeness (QED) is 0.819. The van der Waals surface area contributed by atoms with Crippen LogP contribution in [0.25, 0.3) is 0 Å². The summed E-state index contributed by atoms with van der Waals surface area (Å²) in [7, 11) is 0. The van der Waals surface area contributed by atoms with Gasteiger partial charge in [0.1, 0.15) is 5.76 Å². The molecule has 20 heavy (non-hydrogen) atoms. The van der Waals surface area contributed by atoms with Crippen molar-refractivity contribution in [2.45, 2.75) is 33.1 Å². The number of hydrogen-bond acceptors (Lipinski definition) is 3. The van der Waals surface area contributed by atoms with Gasteiger partial charge in [-0.25, -0.2) is 4.79 Å². The third-order valence-corrected chi connectivity index (χ3v) is 3.89. The number of hydrogen-bond donors (Lipinski definition) is 2. The molecule has 1 aromatic heterocycles. The molecule has 2 heterocycles. The zero-order valence-electron chi connectivity index (χ0n) is 12.3. The Morgan fingerprint density at radius 1 is 1.30 bits per heavy atom. The van der Waals surface area contributed by atoms with Crippen LogP contribution in [0.5, 0.6) is 0 Å². The fourth-order valence-electron chi connectivity index (χ4n) is 2.84. The summed E-state index contributed by atoms with van der Waals surface area (Å²) in [5, 5.41) is 2.93. The lowest BCUT2D eigenvalue weighted by atomic mass is 10.1. The maximum absolute atomic E-state index is 12.2. The van der Waals surface area contributed by atoms with Gasteiger partial charge < -0.3 is 14.6 Å². The Balaban J connectivity index is 1.90. The first kappa shape index (κ1) is 14.8. The van der Waals surface area contributed by atoms with Gasteiger partial charge in [-0.05, 0) is 38.7 Å². The van der Waals surface area contributed by atoms with Crippen LogP contribution in [0.3, 0.4) is 0 Å². The molecular weight excluding hydrogens is 256 g/mol. The zero-order valence-corrected chi connectivity index (χ0v) is 12.3. The van der Waals surface area contributed by atoms with Crippen molar-refractivity contribution < 1.29 is 14.1 Å². The first-order chi connectivity index (χ1) is 9.58. The first-order valence-electron chi connectivity index (χ1n) is 7.31. The summed E-state index contributed by atoms with van der Waals surface area (Å²) in [4.78, 5) is 24.9. The van der Waals surface area contributed by atoms with Crippen molar-refractivity contribution in [3.8, 4) is 0 Å². The minimum absolute atomic E-state index is 0.153. The molecule has 1 fully saturated rings. The Morgan fingerprint density at radius 3 is 2.65 bits per heavy atom. The molecule has 2 rings (SSSR count). The average molecular weight is 279 g/mol. The van der Waals surface area contributed by atoms with Crippen molar-refractivity contribution in [2.24, 2.45) is 0 Å². The van der Waals surface area contributed by atoms with Gasteiger partial charge in [-0.1, -0.05) is 0 Å². The smallest absolute Gasteiger partial charge is 0.336 e. The molecule has 0 saturated carbocycles. The van der Waals surface area contributed by atoms with E-state index in [1.54, 1.807) is 18.7 Å². The van der Waals surface area contributed by atoms with Crippen LogP contribution in [0, 0.1) is 13.8 Å². The number of amides is 1. The lowest BCUT2D eigenvalue weighted by molar-refractivity contribution is -0.903. The molecule has 2 N–H and O–H groups in total. The molecule has 0 aromatic carbocycles. The van der Waals surface area contributed by atoms with Gasteiger partial charge in [0.15, 0.2) is 0 Å². The molecule has 1 aromatic rings. The van der Waals surface area contributed by atoms with Gasteiger partial charge in [-0.15, -0.1) is 0 Å². The highest BCUT2D eigenvalue weighted by Gasteiger charge is 2.17. The molecule has 1 aliphatic heterocycles. The van der Waals surface area contributed by atoms with Crippen molar-refractivity contribution in [3.63, 3.8) is 0 Å². The van der Waals surface area contributed by atoms with E-state index in [1.165, 1.54) is 38.4 Å². The molecule has 0 unspecified atom stereocenters. The number of likely N-dealkylation sites (tertiary alicyclic amines) is 1. The lowest BCUT2D eigenvalue weighted by Gasteiger charge is -2.23. The molecule has 0 spiro atoms. The molecule has 1 amide bonds. The van der Waals surface area contributed by atoms with Crippen LogP contribution in [0.15, 0.2) is 15.3 Å². The molecule has 0 bridgehead atoms. The first-order valence-corrected chi connectivity index (χ1v) is 7.31. The summed E-state index contributed by atoms with van der Waals surface area (Å²) in [5.74, 6) is 0.234. The highest BCUT2D eigenvalue weighted by atomic mass is 16.4. The summed E-state index contributed by atoms with van der Waals surface area (Å²) in [6.07, 6.45) is 3.90. The molecular formula is C15H23N2O3+. The monoisotopic (exact) mass is 279 g/mol. The molecule has 0 atom stereocenters. The van der Waals surface area contributed by atoms with Crippen molar-refractivity contribution >= 4 is 5.91 Å². The van der Waals surface area contributed by atoms with Crippen LogP contribution in [-0.2, 0) is 0 Å². The Morgan fingerprint density at radius 2 is 2.00 bits per heavy atom. The topological polar surface area (TPSA) is 63.8 Å². The molecule has 1 saturated heterocycles. The SMILES string of the molecule is Cc1cc(=O)oc(C)c1C(=O)NCC[NH+]1CCCCC1. The van der Waals surface area contributed by atoms with Gasteiger partial charge in [0, 0.05) is 6.07 Å². The van der Waals surface area contributed by atoms with Crippen molar-refractivity contribution in [3.05, 3.63) is 33.4 Å². The third kappa shape index (κ3) is 3.70. The maximum Gasteiger partial charge on any atom is 0.336 e. The summed E-state index contributed by atoms with van der Waals surface area (Å²) >= 11 is 0. The van der Waals surface area contributed by atoms with Crippen LogP contribution in [0.4, 0.5) is 0 Å². The number of carbonyl (C=O) groups is 1. The van der Waals surface area contributed by atoms with E-state index in [2.05, 4.69) is 5.32 Å². The Hall–Kier alpha value is -1.62. The largest absolute Gasteiger partial charge is 0.427 e. The third-order valence-electron chi connectivity index (χ3n) is 3.89. The van der Waals surface area contributed by atoms with E-state index < -0.39 is 5.63 Å². The van der Waals surface area contributed by atoms with Gasteiger partial charge in [-0.2, -0.15) is 0 Å². The van der Waals surface area contributed by atoms with E-state index in [1.807, 2.05) is 0 Å². The number of quaternary nitrogens is 1. The average Bonchev–Trinajstić information content (AvgIpc) is 2.38. The van der Waals surface area contributed by atoms with E-state index in [4.69, 9.17) is 4.42 Å². The van der Waals surface area contributed by atoms with E-state index in [9.17, 15) is 9.59 Å². The minimum atomic E-state index is -0.408. The molecule has 110 valence electrons. The van der Waals surface area contributed by atoms with Crippen molar-refractivity contribution in [2.75, 3.05) is 26.2 Å². The van der Waals surface area contributed by atoms with Gasteiger partial charge in [0.05, 0.1) is 31.7 Å². The summed E-state index contributed by atoms with van der Waals surface area (Å²) < 4.78 is 4.98.